The molecule has 3 aromatic rings. The van der Waals surface area contributed by atoms with Crippen molar-refractivity contribution in [1.29, 1.82) is 0 Å². The Kier molecular flexibility index (Phi) is 5.79. The van der Waals surface area contributed by atoms with Gasteiger partial charge in [0.2, 0.25) is 0 Å². The number of aliphatic imine (C=N–C) groups is 1. The zero-order valence-electron chi connectivity index (χ0n) is 18.4. The summed E-state index contributed by atoms with van der Waals surface area (Å²) in [5, 5.41) is 7.43. The van der Waals surface area contributed by atoms with E-state index in [4.69, 9.17) is 5.10 Å². The highest BCUT2D eigenvalue weighted by Gasteiger charge is 2.36. The predicted molar refractivity (Wildman–Crippen MR) is 135 cm³/mol. The maximum Gasteiger partial charge on any atom is 0.286 e. The lowest BCUT2D eigenvalue weighted by atomic mass is 9.98. The van der Waals surface area contributed by atoms with E-state index in [1.807, 2.05) is 55.5 Å². The molecule has 1 aromatic heterocycles. The minimum Gasteiger partial charge on any atom is -0.378 e. The number of hydrogen-bond acceptors (Lipinski definition) is 6. The molecule has 164 valence electrons. The summed E-state index contributed by atoms with van der Waals surface area (Å²) in [6.45, 7) is 0. The molecule has 0 fully saturated rings. The van der Waals surface area contributed by atoms with Crippen LogP contribution < -0.4 is 4.90 Å². The van der Waals surface area contributed by atoms with Gasteiger partial charge in [0.15, 0.2) is 5.17 Å². The summed E-state index contributed by atoms with van der Waals surface area (Å²) in [7, 11) is 4.05. The average molecular weight is 454 g/mol. The molecule has 0 aliphatic carbocycles. The number of pyridine rings is 1. The van der Waals surface area contributed by atoms with Crippen molar-refractivity contribution < 1.29 is 4.79 Å². The number of aromatic nitrogens is 1. The normalized spacial score (nSPS) is 19.1. The van der Waals surface area contributed by atoms with Crippen LogP contribution in [0.15, 0.2) is 94.1 Å². The third-order valence-electron chi connectivity index (χ3n) is 5.60. The van der Waals surface area contributed by atoms with Crippen LogP contribution in [-0.2, 0) is 4.79 Å². The largest absolute Gasteiger partial charge is 0.378 e. The maximum atomic E-state index is 12.7. The summed E-state index contributed by atoms with van der Waals surface area (Å²) >= 11 is 1.36. The van der Waals surface area contributed by atoms with Crippen LogP contribution in [0.4, 0.5) is 5.69 Å². The lowest BCUT2D eigenvalue weighted by Crippen LogP contribution is -2.23. The van der Waals surface area contributed by atoms with E-state index in [0.29, 0.717) is 10.1 Å². The van der Waals surface area contributed by atoms with Gasteiger partial charge in [0.25, 0.3) is 5.91 Å². The summed E-state index contributed by atoms with van der Waals surface area (Å²) in [6.07, 6.45) is 6.01. The standard InChI is InChI=1S/C26H23N5OS/c1-30(2)21-12-10-20(11-13-21)23-16-22(19-8-4-3-5-9-19)29-31(23)26-28-25(32)24(33-26)15-18-7-6-14-27-17-18/h3-15,17,23H,16H2,1-2H3/b24-15-. The van der Waals surface area contributed by atoms with Gasteiger partial charge in [0, 0.05) is 38.6 Å². The molecule has 0 radical (unpaired) electrons. The molecule has 1 unspecified atom stereocenters. The van der Waals surface area contributed by atoms with Gasteiger partial charge in [0.1, 0.15) is 0 Å². The zero-order valence-corrected chi connectivity index (χ0v) is 19.2. The van der Waals surface area contributed by atoms with E-state index in [2.05, 4.69) is 51.3 Å². The van der Waals surface area contributed by atoms with Gasteiger partial charge in [-0.05, 0) is 52.7 Å². The maximum absolute atomic E-state index is 12.7. The van der Waals surface area contributed by atoms with Crippen LogP contribution in [0, 0.1) is 0 Å². The highest BCUT2D eigenvalue weighted by atomic mass is 32.2. The first-order valence-corrected chi connectivity index (χ1v) is 11.5. The van der Waals surface area contributed by atoms with Crippen molar-refractivity contribution in [2.75, 3.05) is 19.0 Å². The smallest absolute Gasteiger partial charge is 0.286 e. The summed E-state index contributed by atoms with van der Waals surface area (Å²) in [5.74, 6) is -0.246. The second-order valence-corrected chi connectivity index (χ2v) is 9.07. The van der Waals surface area contributed by atoms with Gasteiger partial charge in [-0.1, -0.05) is 48.5 Å². The van der Waals surface area contributed by atoms with Crippen molar-refractivity contribution >= 4 is 40.3 Å². The van der Waals surface area contributed by atoms with Crippen molar-refractivity contribution in [3.63, 3.8) is 0 Å². The molecule has 0 saturated carbocycles. The molecule has 7 heteroatoms. The molecule has 5 rings (SSSR count). The Bertz CT molecular complexity index is 1250. The third-order valence-corrected chi connectivity index (χ3v) is 6.57. The summed E-state index contributed by atoms with van der Waals surface area (Å²) in [5.41, 5.74) is 5.21. The molecule has 0 bridgehead atoms. The quantitative estimate of drug-likeness (QED) is 0.522. The molecule has 1 atom stereocenters. The number of carbonyl (C=O) groups is 1. The Balaban J connectivity index is 1.48. The fraction of sp³-hybridized carbons (Fsp3) is 0.154. The Morgan fingerprint density at radius 2 is 1.82 bits per heavy atom. The number of benzene rings is 2. The number of amides is 1. The SMILES string of the molecule is CN(C)c1ccc(C2CC(c3ccccc3)=NN2C2=NC(=O)/C(=C/c3cccnc3)S2)cc1. The van der Waals surface area contributed by atoms with Crippen LogP contribution >= 0.6 is 11.8 Å². The number of nitrogens with zero attached hydrogens (tertiary/aromatic N) is 5. The molecule has 0 saturated heterocycles. The van der Waals surface area contributed by atoms with E-state index in [9.17, 15) is 4.79 Å². The van der Waals surface area contributed by atoms with Crippen molar-refractivity contribution in [2.45, 2.75) is 12.5 Å². The molecule has 33 heavy (non-hydrogen) atoms. The lowest BCUT2D eigenvalue weighted by molar-refractivity contribution is -0.113. The fourth-order valence-electron chi connectivity index (χ4n) is 3.85. The molecule has 2 aromatic carbocycles. The van der Waals surface area contributed by atoms with E-state index >= 15 is 0 Å². The molecule has 1 amide bonds. The van der Waals surface area contributed by atoms with Crippen LogP contribution in [-0.4, -0.2) is 40.9 Å². The van der Waals surface area contributed by atoms with Gasteiger partial charge >= 0.3 is 0 Å². The zero-order chi connectivity index (χ0) is 22.8. The Morgan fingerprint density at radius 1 is 1.03 bits per heavy atom. The predicted octanol–water partition coefficient (Wildman–Crippen LogP) is 4.97. The molecule has 6 nitrogen and oxygen atoms in total. The number of hydrogen-bond donors (Lipinski definition) is 0. The Labute approximate surface area is 197 Å². The first-order chi connectivity index (χ1) is 16.1. The minimum atomic E-state index is -0.246. The fourth-order valence-corrected chi connectivity index (χ4v) is 4.77. The van der Waals surface area contributed by atoms with Crippen molar-refractivity contribution in [1.82, 2.24) is 9.99 Å². The van der Waals surface area contributed by atoms with Crippen molar-refractivity contribution in [3.8, 4) is 0 Å². The number of thioether (sulfide) groups is 1. The van der Waals surface area contributed by atoms with Gasteiger partial charge in [-0.15, -0.1) is 0 Å². The summed E-state index contributed by atoms with van der Waals surface area (Å²) in [6, 6.07) is 22.4. The summed E-state index contributed by atoms with van der Waals surface area (Å²) < 4.78 is 0. The number of rotatable bonds is 4. The minimum absolute atomic E-state index is 0.0341. The highest BCUT2D eigenvalue weighted by Crippen LogP contribution is 2.39. The first-order valence-electron chi connectivity index (χ1n) is 10.7. The van der Waals surface area contributed by atoms with Gasteiger partial charge in [-0.25, -0.2) is 5.01 Å². The number of hydrazone groups is 1. The molecule has 3 heterocycles. The van der Waals surface area contributed by atoms with E-state index in [-0.39, 0.29) is 11.9 Å². The second kappa shape index (κ2) is 9.03. The van der Waals surface area contributed by atoms with Crippen LogP contribution in [0.25, 0.3) is 6.08 Å². The molecule has 2 aliphatic rings. The van der Waals surface area contributed by atoms with Gasteiger partial charge in [-0.2, -0.15) is 10.1 Å². The van der Waals surface area contributed by atoms with Gasteiger partial charge in [-0.3, -0.25) is 9.78 Å². The van der Waals surface area contributed by atoms with E-state index < -0.39 is 0 Å². The van der Waals surface area contributed by atoms with Crippen LogP contribution in [0.1, 0.15) is 29.2 Å². The molecule has 0 N–H and O–H groups in total. The van der Waals surface area contributed by atoms with Crippen molar-refractivity contribution in [2.24, 2.45) is 10.1 Å². The molecular weight excluding hydrogens is 430 g/mol. The van der Waals surface area contributed by atoms with Crippen molar-refractivity contribution in [3.05, 3.63) is 101 Å². The van der Waals surface area contributed by atoms with E-state index in [1.165, 1.54) is 11.8 Å². The molecule has 0 spiro atoms. The van der Waals surface area contributed by atoms with Crippen LogP contribution in [0.2, 0.25) is 0 Å². The number of anilines is 1. The average Bonchev–Trinajstić information content (AvgIpc) is 3.44. The lowest BCUT2D eigenvalue weighted by Gasteiger charge is -2.23. The summed E-state index contributed by atoms with van der Waals surface area (Å²) in [4.78, 5) is 23.8. The van der Waals surface area contributed by atoms with Gasteiger partial charge in [0.05, 0.1) is 16.7 Å². The number of carbonyl (C=O) groups excluding carboxylic acids is 1. The third kappa shape index (κ3) is 4.45. The Morgan fingerprint density at radius 3 is 2.52 bits per heavy atom. The monoisotopic (exact) mass is 453 g/mol. The van der Waals surface area contributed by atoms with Gasteiger partial charge < -0.3 is 4.90 Å². The van der Waals surface area contributed by atoms with Crippen LogP contribution in [0.5, 0.6) is 0 Å². The molecule has 2 aliphatic heterocycles. The highest BCUT2D eigenvalue weighted by molar-refractivity contribution is 8.18. The van der Waals surface area contributed by atoms with Crippen LogP contribution in [0.3, 0.4) is 0 Å². The topological polar surface area (TPSA) is 61.2 Å². The Hall–Kier alpha value is -3.71. The van der Waals surface area contributed by atoms with E-state index in [1.54, 1.807) is 12.4 Å². The second-order valence-electron chi connectivity index (χ2n) is 8.06. The molecular formula is C26H23N5OS. The number of amidine groups is 1. The first kappa shape index (κ1) is 21.2. The van der Waals surface area contributed by atoms with E-state index in [0.717, 1.165) is 34.5 Å².